The van der Waals surface area contributed by atoms with Gasteiger partial charge in [0.25, 0.3) is 0 Å². The van der Waals surface area contributed by atoms with Crippen molar-refractivity contribution in [3.8, 4) is 0 Å². The van der Waals surface area contributed by atoms with E-state index in [-0.39, 0.29) is 11.7 Å². The molecule has 1 aromatic rings. The maximum Gasteiger partial charge on any atom is 0.0804 e. The summed E-state index contributed by atoms with van der Waals surface area (Å²) in [6, 6.07) is 2.00. The molecule has 1 unspecified atom stereocenters. The molecule has 1 aromatic heterocycles. The van der Waals surface area contributed by atoms with E-state index < -0.39 is 0 Å². The number of methoxy groups -OCH3 is 1. The molecular formula is C14H25NO2. The van der Waals surface area contributed by atoms with Gasteiger partial charge in [0.1, 0.15) is 0 Å². The summed E-state index contributed by atoms with van der Waals surface area (Å²) in [6.45, 7) is 7.17. The summed E-state index contributed by atoms with van der Waals surface area (Å²) >= 11 is 0. The van der Waals surface area contributed by atoms with Gasteiger partial charge in [-0.3, -0.25) is 0 Å². The van der Waals surface area contributed by atoms with Gasteiger partial charge in [0.2, 0.25) is 0 Å². The summed E-state index contributed by atoms with van der Waals surface area (Å²) in [4.78, 5) is 0. The minimum atomic E-state index is -0.323. The van der Waals surface area contributed by atoms with Crippen molar-refractivity contribution in [3.05, 3.63) is 24.0 Å². The summed E-state index contributed by atoms with van der Waals surface area (Å²) in [5, 5.41) is 9.87. The first kappa shape index (κ1) is 14.3. The zero-order valence-electron chi connectivity index (χ0n) is 11.4. The van der Waals surface area contributed by atoms with Gasteiger partial charge in [-0.15, -0.1) is 0 Å². The van der Waals surface area contributed by atoms with Crippen molar-refractivity contribution in [2.24, 2.45) is 0 Å². The number of rotatable bonds is 7. The lowest BCUT2D eigenvalue weighted by Crippen LogP contribution is -2.24. The molecule has 1 heterocycles. The Morgan fingerprint density at radius 1 is 1.47 bits per heavy atom. The van der Waals surface area contributed by atoms with Gasteiger partial charge >= 0.3 is 0 Å². The van der Waals surface area contributed by atoms with Gasteiger partial charge in [-0.1, -0.05) is 13.3 Å². The van der Waals surface area contributed by atoms with E-state index in [9.17, 15) is 5.11 Å². The molecule has 17 heavy (non-hydrogen) atoms. The molecule has 0 bridgehead atoms. The second-order valence-electron chi connectivity index (χ2n) is 5.20. The van der Waals surface area contributed by atoms with Crippen molar-refractivity contribution < 1.29 is 9.84 Å². The normalized spacial score (nSPS) is 13.9. The van der Waals surface area contributed by atoms with Gasteiger partial charge in [-0.2, -0.15) is 0 Å². The number of aromatic nitrogens is 1. The van der Waals surface area contributed by atoms with E-state index in [0.717, 1.165) is 31.4 Å². The van der Waals surface area contributed by atoms with E-state index in [1.807, 2.05) is 18.5 Å². The van der Waals surface area contributed by atoms with E-state index in [4.69, 9.17) is 4.74 Å². The third-order valence-electron chi connectivity index (χ3n) is 3.24. The molecule has 0 saturated heterocycles. The predicted molar refractivity (Wildman–Crippen MR) is 70.0 cm³/mol. The van der Waals surface area contributed by atoms with Crippen LogP contribution in [0.5, 0.6) is 0 Å². The Labute approximate surface area is 104 Å². The Morgan fingerprint density at radius 2 is 2.18 bits per heavy atom. The number of aryl methyl sites for hydroxylation is 1. The topological polar surface area (TPSA) is 34.4 Å². The zero-order chi connectivity index (χ0) is 12.9. The number of ether oxygens (including phenoxy) is 1. The van der Waals surface area contributed by atoms with Crippen LogP contribution in [-0.4, -0.2) is 22.4 Å². The van der Waals surface area contributed by atoms with Crippen LogP contribution in [0.3, 0.4) is 0 Å². The van der Waals surface area contributed by atoms with Gasteiger partial charge in [0.05, 0.1) is 11.7 Å². The van der Waals surface area contributed by atoms with Gasteiger partial charge in [0.15, 0.2) is 0 Å². The fourth-order valence-corrected chi connectivity index (χ4v) is 1.74. The summed E-state index contributed by atoms with van der Waals surface area (Å²) in [5.74, 6) is 0. The van der Waals surface area contributed by atoms with Crippen LogP contribution >= 0.6 is 0 Å². The van der Waals surface area contributed by atoms with E-state index in [1.54, 1.807) is 7.11 Å². The molecule has 1 atom stereocenters. The highest BCUT2D eigenvalue weighted by atomic mass is 16.5. The molecule has 0 aromatic carbocycles. The molecule has 0 spiro atoms. The molecule has 0 amide bonds. The first-order chi connectivity index (χ1) is 7.98. The van der Waals surface area contributed by atoms with Crippen LogP contribution < -0.4 is 0 Å². The Kier molecular flexibility index (Phi) is 5.22. The molecule has 1 N–H and O–H groups in total. The van der Waals surface area contributed by atoms with Crippen LogP contribution in [0.1, 0.15) is 51.7 Å². The SMILES string of the molecule is CCCC(O)c1ccn(CCC(C)(C)OC)c1. The average molecular weight is 239 g/mol. The first-order valence-electron chi connectivity index (χ1n) is 6.37. The molecule has 3 heteroatoms. The van der Waals surface area contributed by atoms with Crippen molar-refractivity contribution in [1.29, 1.82) is 0 Å². The Bertz CT molecular complexity index is 331. The summed E-state index contributed by atoms with van der Waals surface area (Å²) < 4.78 is 7.51. The highest BCUT2D eigenvalue weighted by Crippen LogP contribution is 2.20. The third kappa shape index (κ3) is 4.52. The molecule has 0 aliphatic carbocycles. The highest BCUT2D eigenvalue weighted by molar-refractivity contribution is 5.13. The molecule has 0 fully saturated rings. The van der Waals surface area contributed by atoms with Crippen LogP contribution in [0.2, 0.25) is 0 Å². The lowest BCUT2D eigenvalue weighted by atomic mass is 10.1. The Hall–Kier alpha value is -0.800. The second kappa shape index (κ2) is 6.22. The number of nitrogens with zero attached hydrogens (tertiary/aromatic N) is 1. The molecule has 3 nitrogen and oxygen atoms in total. The molecule has 0 saturated carbocycles. The third-order valence-corrected chi connectivity index (χ3v) is 3.24. The van der Waals surface area contributed by atoms with Gasteiger partial charge in [-0.05, 0) is 38.3 Å². The Balaban J connectivity index is 2.51. The maximum atomic E-state index is 9.87. The fourth-order valence-electron chi connectivity index (χ4n) is 1.74. The molecule has 1 rings (SSSR count). The molecule has 98 valence electrons. The van der Waals surface area contributed by atoms with Crippen LogP contribution in [0.25, 0.3) is 0 Å². The Morgan fingerprint density at radius 3 is 2.76 bits per heavy atom. The minimum absolute atomic E-state index is 0.0908. The standard InChI is InChI=1S/C14H25NO2/c1-5-6-13(16)12-7-9-15(11-12)10-8-14(2,3)17-4/h7,9,11,13,16H,5-6,8,10H2,1-4H3. The number of hydrogen-bond donors (Lipinski definition) is 1. The van der Waals surface area contributed by atoms with E-state index >= 15 is 0 Å². The average Bonchev–Trinajstić information content (AvgIpc) is 2.76. The first-order valence-corrected chi connectivity index (χ1v) is 6.37. The highest BCUT2D eigenvalue weighted by Gasteiger charge is 2.16. The van der Waals surface area contributed by atoms with Gasteiger partial charge < -0.3 is 14.4 Å². The maximum absolute atomic E-state index is 9.87. The van der Waals surface area contributed by atoms with Crippen molar-refractivity contribution >= 4 is 0 Å². The zero-order valence-corrected chi connectivity index (χ0v) is 11.4. The lowest BCUT2D eigenvalue weighted by Gasteiger charge is -2.22. The number of hydrogen-bond acceptors (Lipinski definition) is 2. The quantitative estimate of drug-likeness (QED) is 0.793. The van der Waals surface area contributed by atoms with Crippen molar-refractivity contribution in [2.75, 3.05) is 7.11 Å². The molecule has 0 aliphatic heterocycles. The number of aliphatic hydroxyl groups is 1. The van der Waals surface area contributed by atoms with Gasteiger partial charge in [0, 0.05) is 26.0 Å². The van der Waals surface area contributed by atoms with Crippen LogP contribution in [0.4, 0.5) is 0 Å². The lowest BCUT2D eigenvalue weighted by molar-refractivity contribution is 0.0120. The van der Waals surface area contributed by atoms with Crippen LogP contribution in [-0.2, 0) is 11.3 Å². The molecule has 0 aliphatic rings. The summed E-state index contributed by atoms with van der Waals surface area (Å²) in [5.41, 5.74) is 0.925. The number of aliphatic hydroxyl groups excluding tert-OH is 1. The molecule has 0 radical (unpaired) electrons. The van der Waals surface area contributed by atoms with Crippen molar-refractivity contribution in [2.45, 2.75) is 58.3 Å². The van der Waals surface area contributed by atoms with Crippen molar-refractivity contribution in [1.82, 2.24) is 4.57 Å². The van der Waals surface area contributed by atoms with Crippen LogP contribution in [0.15, 0.2) is 18.5 Å². The monoisotopic (exact) mass is 239 g/mol. The van der Waals surface area contributed by atoms with E-state index in [0.29, 0.717) is 0 Å². The summed E-state index contributed by atoms with van der Waals surface area (Å²) in [7, 11) is 1.74. The predicted octanol–water partition coefficient (Wildman–Crippen LogP) is 3.14. The fraction of sp³-hybridized carbons (Fsp3) is 0.714. The largest absolute Gasteiger partial charge is 0.388 e. The minimum Gasteiger partial charge on any atom is -0.388 e. The second-order valence-corrected chi connectivity index (χ2v) is 5.20. The van der Waals surface area contributed by atoms with E-state index in [1.165, 1.54) is 0 Å². The molecular weight excluding hydrogens is 214 g/mol. The van der Waals surface area contributed by atoms with E-state index in [2.05, 4.69) is 25.3 Å². The van der Waals surface area contributed by atoms with Gasteiger partial charge in [-0.25, -0.2) is 0 Å². The smallest absolute Gasteiger partial charge is 0.0804 e. The van der Waals surface area contributed by atoms with Crippen LogP contribution in [0, 0.1) is 0 Å². The van der Waals surface area contributed by atoms with Crippen molar-refractivity contribution in [3.63, 3.8) is 0 Å². The summed E-state index contributed by atoms with van der Waals surface area (Å²) in [6.07, 6.45) is 6.53.